The number of halogens is 1. The maximum atomic E-state index is 13.9. The Hall–Kier alpha value is -3.49. The zero-order valence-corrected chi connectivity index (χ0v) is 19.6. The molecule has 8 heteroatoms. The number of nitrogens with zero attached hydrogens (tertiary/aromatic N) is 4. The van der Waals surface area contributed by atoms with Gasteiger partial charge in [0.15, 0.2) is 0 Å². The van der Waals surface area contributed by atoms with Crippen LogP contribution in [-0.2, 0) is 10.0 Å². The second kappa shape index (κ2) is 9.04. The fourth-order valence-electron chi connectivity index (χ4n) is 4.25. The number of aromatic nitrogens is 1. The van der Waals surface area contributed by atoms with Crippen molar-refractivity contribution in [2.45, 2.75) is 4.90 Å². The predicted octanol–water partition coefficient (Wildman–Crippen LogP) is 4.27. The third-order valence-corrected chi connectivity index (χ3v) is 7.83. The van der Waals surface area contributed by atoms with E-state index < -0.39 is 15.8 Å². The number of hydrogen-bond acceptors (Lipinski definition) is 5. The van der Waals surface area contributed by atoms with Crippen LogP contribution < -0.4 is 0 Å². The van der Waals surface area contributed by atoms with Gasteiger partial charge in [-0.3, -0.25) is 5.01 Å². The minimum Gasteiger partial charge on any atom is -0.303 e. The first-order valence-corrected chi connectivity index (χ1v) is 12.6. The van der Waals surface area contributed by atoms with E-state index in [1.165, 1.54) is 16.1 Å². The summed E-state index contributed by atoms with van der Waals surface area (Å²) in [5.74, 6) is -0.486. The monoisotopic (exact) mass is 476 g/mol. The lowest BCUT2D eigenvalue weighted by atomic mass is 10.1. The minimum absolute atomic E-state index is 0.0226. The van der Waals surface area contributed by atoms with Crippen molar-refractivity contribution in [3.63, 3.8) is 0 Å². The molecule has 1 saturated heterocycles. The van der Waals surface area contributed by atoms with Gasteiger partial charge in [0.1, 0.15) is 5.82 Å². The first kappa shape index (κ1) is 22.3. The summed E-state index contributed by atoms with van der Waals surface area (Å²) in [4.78, 5) is 2.28. The van der Waals surface area contributed by atoms with Crippen molar-refractivity contribution in [3.05, 3.63) is 90.2 Å². The van der Waals surface area contributed by atoms with Gasteiger partial charge in [0.05, 0.1) is 22.3 Å². The summed E-state index contributed by atoms with van der Waals surface area (Å²) in [6.07, 6.45) is 1.77. The standard InChI is InChI=1S/C26H25FN4O2S/c1-29-15-17-30(18-16-29)28-19-24-23-9-5-6-10-25(23)31(26(24)20-7-3-2-4-8-20)34(32,33)22-13-11-21(27)12-14-22/h2-14,19H,15-18H2,1H3/b28-19+. The SMILES string of the molecule is CN1CCN(/N=C/c2c(-c3ccccc3)n(S(=O)(=O)c3ccc(F)cc3)c3ccccc23)CC1. The summed E-state index contributed by atoms with van der Waals surface area (Å²) in [6.45, 7) is 3.45. The smallest absolute Gasteiger partial charge is 0.268 e. The number of hydrazone groups is 1. The van der Waals surface area contributed by atoms with Gasteiger partial charge in [-0.2, -0.15) is 5.10 Å². The van der Waals surface area contributed by atoms with Crippen LogP contribution in [0.4, 0.5) is 4.39 Å². The Morgan fingerprint density at radius 1 is 0.853 bits per heavy atom. The molecule has 1 aliphatic rings. The number of benzene rings is 3. The molecule has 0 bridgehead atoms. The summed E-state index contributed by atoms with van der Waals surface area (Å²) in [7, 11) is -1.94. The molecule has 6 nitrogen and oxygen atoms in total. The molecule has 0 spiro atoms. The summed E-state index contributed by atoms with van der Waals surface area (Å²) < 4.78 is 42.7. The van der Waals surface area contributed by atoms with Crippen LogP contribution in [0.1, 0.15) is 5.56 Å². The van der Waals surface area contributed by atoms with Crippen molar-refractivity contribution >= 4 is 27.1 Å². The van der Waals surface area contributed by atoms with E-state index in [-0.39, 0.29) is 4.90 Å². The van der Waals surface area contributed by atoms with Crippen LogP contribution in [0.15, 0.2) is 88.9 Å². The van der Waals surface area contributed by atoms with Crippen molar-refractivity contribution in [2.24, 2.45) is 5.10 Å². The third-order valence-electron chi connectivity index (χ3n) is 6.10. The van der Waals surface area contributed by atoms with Crippen molar-refractivity contribution < 1.29 is 12.8 Å². The van der Waals surface area contributed by atoms with E-state index in [1.807, 2.05) is 53.5 Å². The molecule has 34 heavy (non-hydrogen) atoms. The van der Waals surface area contributed by atoms with Crippen molar-refractivity contribution in [3.8, 4) is 11.3 Å². The number of rotatable bonds is 5. The van der Waals surface area contributed by atoms with Gasteiger partial charge in [0, 0.05) is 37.1 Å². The van der Waals surface area contributed by atoms with Crippen LogP contribution >= 0.6 is 0 Å². The Kier molecular flexibility index (Phi) is 5.93. The molecule has 3 aromatic carbocycles. The molecule has 5 rings (SSSR count). The highest BCUT2D eigenvalue weighted by Crippen LogP contribution is 2.36. The first-order valence-electron chi connectivity index (χ1n) is 11.1. The molecule has 0 saturated carbocycles. The fraction of sp³-hybridized carbons (Fsp3) is 0.192. The normalized spacial score (nSPS) is 15.4. The van der Waals surface area contributed by atoms with Crippen LogP contribution in [-0.4, -0.2) is 61.7 Å². The zero-order valence-electron chi connectivity index (χ0n) is 18.8. The van der Waals surface area contributed by atoms with Crippen molar-refractivity contribution in [1.82, 2.24) is 13.9 Å². The Bertz CT molecular complexity index is 1440. The van der Waals surface area contributed by atoms with Gasteiger partial charge in [0.25, 0.3) is 10.0 Å². The Balaban J connectivity index is 1.75. The lowest BCUT2D eigenvalue weighted by Crippen LogP contribution is -2.41. The highest BCUT2D eigenvalue weighted by Gasteiger charge is 2.27. The average Bonchev–Trinajstić information content (AvgIpc) is 3.20. The largest absolute Gasteiger partial charge is 0.303 e. The molecule has 1 aliphatic heterocycles. The number of para-hydroxylation sites is 1. The molecule has 0 radical (unpaired) electrons. The molecular weight excluding hydrogens is 451 g/mol. The molecule has 174 valence electrons. The van der Waals surface area contributed by atoms with Gasteiger partial charge in [0.2, 0.25) is 0 Å². The van der Waals surface area contributed by atoms with E-state index in [2.05, 4.69) is 11.9 Å². The summed E-state index contributed by atoms with van der Waals surface area (Å²) in [6, 6.07) is 21.7. The Morgan fingerprint density at radius 3 is 2.21 bits per heavy atom. The topological polar surface area (TPSA) is 57.9 Å². The van der Waals surface area contributed by atoms with Gasteiger partial charge < -0.3 is 4.90 Å². The van der Waals surface area contributed by atoms with Gasteiger partial charge in [-0.1, -0.05) is 48.5 Å². The third kappa shape index (κ3) is 4.10. The molecule has 4 aromatic rings. The Morgan fingerprint density at radius 2 is 1.50 bits per heavy atom. The Labute approximate surface area is 198 Å². The van der Waals surface area contributed by atoms with Crippen LogP contribution in [0.25, 0.3) is 22.2 Å². The fourth-order valence-corrected chi connectivity index (χ4v) is 5.80. The molecule has 2 heterocycles. The van der Waals surface area contributed by atoms with E-state index >= 15 is 0 Å². The summed E-state index contributed by atoms with van der Waals surface area (Å²) in [5.41, 5.74) is 2.56. The number of fused-ring (bicyclic) bond motifs is 1. The highest BCUT2D eigenvalue weighted by molar-refractivity contribution is 7.90. The first-order chi connectivity index (χ1) is 16.4. The van der Waals surface area contributed by atoms with E-state index in [0.29, 0.717) is 11.2 Å². The van der Waals surface area contributed by atoms with Gasteiger partial charge in [-0.15, -0.1) is 0 Å². The second-order valence-electron chi connectivity index (χ2n) is 8.37. The average molecular weight is 477 g/mol. The summed E-state index contributed by atoms with van der Waals surface area (Å²) >= 11 is 0. The molecule has 0 atom stereocenters. The van der Waals surface area contributed by atoms with Gasteiger partial charge in [-0.25, -0.2) is 16.8 Å². The maximum Gasteiger partial charge on any atom is 0.268 e. The molecular formula is C26H25FN4O2S. The van der Waals surface area contributed by atoms with Crippen LogP contribution in [0.2, 0.25) is 0 Å². The van der Waals surface area contributed by atoms with Gasteiger partial charge in [-0.05, 0) is 42.9 Å². The molecule has 0 aliphatic carbocycles. The second-order valence-corrected chi connectivity index (χ2v) is 10.2. The minimum atomic E-state index is -4.02. The van der Waals surface area contributed by atoms with E-state index in [0.717, 1.165) is 54.8 Å². The lowest BCUT2D eigenvalue weighted by Gasteiger charge is -2.30. The van der Waals surface area contributed by atoms with Crippen LogP contribution in [0.3, 0.4) is 0 Å². The van der Waals surface area contributed by atoms with Gasteiger partial charge >= 0.3 is 0 Å². The molecule has 0 unspecified atom stereocenters. The highest BCUT2D eigenvalue weighted by atomic mass is 32.2. The van der Waals surface area contributed by atoms with E-state index in [1.54, 1.807) is 12.3 Å². The maximum absolute atomic E-state index is 13.9. The van der Waals surface area contributed by atoms with Crippen molar-refractivity contribution in [2.75, 3.05) is 33.2 Å². The lowest BCUT2D eigenvalue weighted by molar-refractivity contribution is 0.159. The van der Waals surface area contributed by atoms with Crippen LogP contribution in [0, 0.1) is 5.82 Å². The predicted molar refractivity (Wildman–Crippen MR) is 133 cm³/mol. The molecule has 1 aromatic heterocycles. The zero-order chi connectivity index (χ0) is 23.7. The molecule has 1 fully saturated rings. The van der Waals surface area contributed by atoms with E-state index in [4.69, 9.17) is 5.10 Å². The number of piperazine rings is 1. The van der Waals surface area contributed by atoms with Crippen LogP contribution in [0.5, 0.6) is 0 Å². The molecule has 0 N–H and O–H groups in total. The van der Waals surface area contributed by atoms with E-state index in [9.17, 15) is 12.8 Å². The number of likely N-dealkylation sites (N-methyl/N-ethyl adjacent to an activating group) is 1. The summed E-state index contributed by atoms with van der Waals surface area (Å²) in [5, 5.41) is 7.52. The number of hydrogen-bond donors (Lipinski definition) is 0. The molecule has 0 amide bonds. The van der Waals surface area contributed by atoms with Crippen molar-refractivity contribution in [1.29, 1.82) is 0 Å². The quantitative estimate of drug-likeness (QED) is 0.404.